The number of nitrogens with one attached hydrogen (secondary N) is 1. The first-order valence-electron chi connectivity index (χ1n) is 8.29. The van der Waals surface area contributed by atoms with Crippen molar-refractivity contribution in [3.8, 4) is 11.5 Å². The lowest BCUT2D eigenvalue weighted by molar-refractivity contribution is -0.384. The number of methoxy groups -OCH3 is 2. The number of non-ortho nitro benzene ring substituents is 1. The molecule has 1 atom stereocenters. The highest BCUT2D eigenvalue weighted by molar-refractivity contribution is 5.96. The van der Waals surface area contributed by atoms with Crippen LogP contribution in [0.1, 0.15) is 12.5 Å². The molecular formula is C19H20N2O7. The molecule has 1 amide bonds. The van der Waals surface area contributed by atoms with Gasteiger partial charge >= 0.3 is 5.97 Å². The van der Waals surface area contributed by atoms with Crippen molar-refractivity contribution in [2.75, 3.05) is 19.5 Å². The number of amides is 1. The number of carbonyl (C=O) groups is 2. The molecule has 0 fully saturated rings. The number of nitro groups is 1. The molecule has 2 aromatic carbocycles. The number of anilines is 1. The zero-order valence-corrected chi connectivity index (χ0v) is 15.6. The fraction of sp³-hybridized carbons (Fsp3) is 0.263. The van der Waals surface area contributed by atoms with E-state index in [1.807, 2.05) is 0 Å². The first-order chi connectivity index (χ1) is 13.3. The van der Waals surface area contributed by atoms with Crippen LogP contribution in [0, 0.1) is 10.1 Å². The summed E-state index contributed by atoms with van der Waals surface area (Å²) in [5.74, 6) is -0.434. The van der Waals surface area contributed by atoms with E-state index in [0.29, 0.717) is 11.3 Å². The molecule has 0 aliphatic rings. The summed E-state index contributed by atoms with van der Waals surface area (Å²) in [5, 5.41) is 13.4. The average Bonchev–Trinajstić information content (AvgIpc) is 2.67. The Balaban J connectivity index is 1.98. The van der Waals surface area contributed by atoms with E-state index in [1.54, 1.807) is 24.3 Å². The fourth-order valence-electron chi connectivity index (χ4n) is 2.37. The van der Waals surface area contributed by atoms with Gasteiger partial charge in [-0.05, 0) is 30.7 Å². The maximum Gasteiger partial charge on any atom is 0.311 e. The van der Waals surface area contributed by atoms with Crippen molar-refractivity contribution in [1.82, 2.24) is 0 Å². The van der Waals surface area contributed by atoms with Crippen LogP contribution in [-0.2, 0) is 20.7 Å². The number of hydrogen-bond donors (Lipinski definition) is 1. The maximum atomic E-state index is 12.3. The number of rotatable bonds is 8. The van der Waals surface area contributed by atoms with E-state index in [4.69, 9.17) is 14.2 Å². The molecule has 1 N–H and O–H groups in total. The third-order valence-electron chi connectivity index (χ3n) is 3.81. The van der Waals surface area contributed by atoms with Crippen molar-refractivity contribution in [3.05, 3.63) is 58.1 Å². The zero-order chi connectivity index (χ0) is 20.7. The first kappa shape index (κ1) is 20.7. The molecule has 0 spiro atoms. The van der Waals surface area contributed by atoms with Crippen molar-refractivity contribution >= 4 is 23.3 Å². The van der Waals surface area contributed by atoms with Crippen LogP contribution < -0.4 is 14.8 Å². The van der Waals surface area contributed by atoms with Gasteiger partial charge in [0.25, 0.3) is 11.6 Å². The quantitative estimate of drug-likeness (QED) is 0.420. The number of carbonyl (C=O) groups excluding carboxylic acids is 2. The van der Waals surface area contributed by atoms with Crippen molar-refractivity contribution < 1.29 is 28.7 Å². The topological polar surface area (TPSA) is 117 Å². The molecule has 28 heavy (non-hydrogen) atoms. The van der Waals surface area contributed by atoms with Gasteiger partial charge in [-0.25, -0.2) is 0 Å². The summed E-state index contributed by atoms with van der Waals surface area (Å²) in [7, 11) is 2.85. The minimum absolute atomic E-state index is 0.0182. The molecule has 0 heterocycles. The number of esters is 1. The van der Waals surface area contributed by atoms with Gasteiger partial charge in [0.1, 0.15) is 11.5 Å². The molecule has 0 saturated carbocycles. The van der Waals surface area contributed by atoms with Crippen LogP contribution in [0.3, 0.4) is 0 Å². The van der Waals surface area contributed by atoms with Gasteiger partial charge < -0.3 is 19.5 Å². The second-order valence-electron chi connectivity index (χ2n) is 5.79. The molecule has 0 aliphatic carbocycles. The predicted molar refractivity (Wildman–Crippen MR) is 101 cm³/mol. The first-order valence-corrected chi connectivity index (χ1v) is 8.29. The fourth-order valence-corrected chi connectivity index (χ4v) is 2.37. The van der Waals surface area contributed by atoms with Crippen LogP contribution in [0.4, 0.5) is 11.4 Å². The minimum Gasteiger partial charge on any atom is -0.497 e. The van der Waals surface area contributed by atoms with Crippen LogP contribution in [0.2, 0.25) is 0 Å². The van der Waals surface area contributed by atoms with Crippen molar-refractivity contribution in [2.24, 2.45) is 0 Å². The summed E-state index contributed by atoms with van der Waals surface area (Å²) in [4.78, 5) is 34.6. The largest absolute Gasteiger partial charge is 0.497 e. The monoisotopic (exact) mass is 388 g/mol. The summed E-state index contributed by atoms with van der Waals surface area (Å²) < 4.78 is 15.3. The molecule has 0 bridgehead atoms. The highest BCUT2D eigenvalue weighted by Crippen LogP contribution is 2.29. The van der Waals surface area contributed by atoms with E-state index in [0.717, 1.165) is 0 Å². The van der Waals surface area contributed by atoms with Gasteiger partial charge in [0.15, 0.2) is 6.10 Å². The van der Waals surface area contributed by atoms with Gasteiger partial charge in [0, 0.05) is 6.07 Å². The van der Waals surface area contributed by atoms with E-state index in [9.17, 15) is 19.7 Å². The molecular weight excluding hydrogens is 368 g/mol. The molecule has 0 unspecified atom stereocenters. The van der Waals surface area contributed by atoms with Crippen molar-refractivity contribution in [3.63, 3.8) is 0 Å². The summed E-state index contributed by atoms with van der Waals surface area (Å²) in [6.45, 7) is 1.43. The molecule has 148 valence electrons. The molecule has 0 radical (unpaired) electrons. The van der Waals surface area contributed by atoms with Gasteiger partial charge in [0.2, 0.25) is 0 Å². The lowest BCUT2D eigenvalue weighted by Gasteiger charge is -2.15. The number of nitro benzene ring substituents is 1. The van der Waals surface area contributed by atoms with Gasteiger partial charge in [-0.2, -0.15) is 0 Å². The normalized spacial score (nSPS) is 11.2. The smallest absolute Gasteiger partial charge is 0.311 e. The average molecular weight is 388 g/mol. The van der Waals surface area contributed by atoms with E-state index >= 15 is 0 Å². The number of benzene rings is 2. The Morgan fingerprint density at radius 2 is 1.89 bits per heavy atom. The van der Waals surface area contributed by atoms with Crippen LogP contribution in [-0.4, -0.2) is 37.1 Å². The molecule has 0 aliphatic heterocycles. The summed E-state index contributed by atoms with van der Waals surface area (Å²) in [5.41, 5.74) is 0.746. The molecule has 2 rings (SSSR count). The molecule has 2 aromatic rings. The van der Waals surface area contributed by atoms with E-state index < -0.39 is 22.9 Å². The Labute approximate surface area is 161 Å². The lowest BCUT2D eigenvalue weighted by atomic mass is 10.1. The lowest BCUT2D eigenvalue weighted by Crippen LogP contribution is -2.30. The second-order valence-corrected chi connectivity index (χ2v) is 5.79. The van der Waals surface area contributed by atoms with E-state index in [-0.39, 0.29) is 23.5 Å². The van der Waals surface area contributed by atoms with Gasteiger partial charge in [-0.1, -0.05) is 12.1 Å². The van der Waals surface area contributed by atoms with Gasteiger partial charge in [-0.15, -0.1) is 0 Å². The summed E-state index contributed by atoms with van der Waals surface area (Å²) in [6.07, 6.45) is -1.09. The molecule has 9 nitrogen and oxygen atoms in total. The Morgan fingerprint density at radius 1 is 1.14 bits per heavy atom. The van der Waals surface area contributed by atoms with Crippen LogP contribution in [0.15, 0.2) is 42.5 Å². The SMILES string of the molecule is COc1cccc(CC(=O)O[C@H](C)C(=O)Nc2ccc([N+](=O)[O-])cc2OC)c1. The third-order valence-corrected chi connectivity index (χ3v) is 3.81. The Kier molecular flexibility index (Phi) is 6.91. The van der Waals surface area contributed by atoms with Gasteiger partial charge in [0.05, 0.1) is 37.3 Å². The minimum atomic E-state index is -1.07. The number of nitrogens with zero attached hydrogens (tertiary/aromatic N) is 1. The predicted octanol–water partition coefficient (Wildman–Crippen LogP) is 2.72. The standard InChI is InChI=1S/C19H20N2O7/c1-12(28-18(22)10-13-5-4-6-15(9-13)26-2)19(23)20-16-8-7-14(21(24)25)11-17(16)27-3/h4-9,11-12H,10H2,1-3H3,(H,20,23)/t12-/m1/s1. The second kappa shape index (κ2) is 9.36. The van der Waals surface area contributed by atoms with E-state index in [1.165, 1.54) is 39.3 Å². The Bertz CT molecular complexity index is 882. The molecule has 0 aromatic heterocycles. The molecule has 9 heteroatoms. The van der Waals surface area contributed by atoms with Crippen molar-refractivity contribution in [1.29, 1.82) is 0 Å². The number of ether oxygens (including phenoxy) is 3. The molecule has 0 saturated heterocycles. The Hall–Kier alpha value is -3.62. The maximum absolute atomic E-state index is 12.3. The van der Waals surface area contributed by atoms with Crippen LogP contribution in [0.25, 0.3) is 0 Å². The van der Waals surface area contributed by atoms with Crippen LogP contribution in [0.5, 0.6) is 11.5 Å². The Morgan fingerprint density at radius 3 is 2.54 bits per heavy atom. The van der Waals surface area contributed by atoms with Crippen molar-refractivity contribution in [2.45, 2.75) is 19.4 Å². The third kappa shape index (κ3) is 5.44. The highest BCUT2D eigenvalue weighted by Gasteiger charge is 2.20. The highest BCUT2D eigenvalue weighted by atomic mass is 16.6. The van der Waals surface area contributed by atoms with Crippen LogP contribution >= 0.6 is 0 Å². The number of hydrogen-bond acceptors (Lipinski definition) is 7. The summed E-state index contributed by atoms with van der Waals surface area (Å²) in [6, 6.07) is 10.7. The van der Waals surface area contributed by atoms with Gasteiger partial charge in [-0.3, -0.25) is 19.7 Å². The zero-order valence-electron chi connectivity index (χ0n) is 15.6. The van der Waals surface area contributed by atoms with E-state index in [2.05, 4.69) is 5.32 Å². The summed E-state index contributed by atoms with van der Waals surface area (Å²) >= 11 is 0.